The van der Waals surface area contributed by atoms with Crippen LogP contribution >= 0.6 is 0 Å². The molecule has 1 saturated heterocycles. The lowest BCUT2D eigenvalue weighted by Gasteiger charge is -2.31. The Bertz CT molecular complexity index is 525. The summed E-state index contributed by atoms with van der Waals surface area (Å²) in [7, 11) is 0. The second-order valence-corrected chi connectivity index (χ2v) is 5.29. The molecule has 0 bridgehead atoms. The topological polar surface area (TPSA) is 84.7 Å². The van der Waals surface area contributed by atoms with Crippen molar-refractivity contribution < 1.29 is 14.3 Å². The predicted octanol–water partition coefficient (Wildman–Crippen LogP) is 1.50. The van der Waals surface area contributed by atoms with Crippen LogP contribution in [0.2, 0.25) is 0 Å². The number of nitrogens with two attached hydrogens (primary N) is 1. The van der Waals surface area contributed by atoms with Crippen LogP contribution in [0.4, 0.5) is 4.79 Å². The van der Waals surface area contributed by atoms with E-state index in [-0.39, 0.29) is 18.0 Å². The van der Waals surface area contributed by atoms with Crippen LogP contribution in [0.1, 0.15) is 35.7 Å². The van der Waals surface area contributed by atoms with Gasteiger partial charge in [-0.15, -0.1) is 0 Å². The fraction of sp³-hybridized carbons (Fsp3) is 0.500. The summed E-state index contributed by atoms with van der Waals surface area (Å²) in [5, 5.41) is 3.03. The van der Waals surface area contributed by atoms with Crippen LogP contribution in [0.3, 0.4) is 0 Å². The molecule has 120 valence electrons. The molecule has 3 N–H and O–H groups in total. The summed E-state index contributed by atoms with van der Waals surface area (Å²) in [5.74, 6) is -0.101. The van der Waals surface area contributed by atoms with Crippen LogP contribution < -0.4 is 11.1 Å². The number of carbonyl (C=O) groups is 2. The molecule has 1 fully saturated rings. The van der Waals surface area contributed by atoms with Gasteiger partial charge in [0.1, 0.15) is 0 Å². The first-order valence-corrected chi connectivity index (χ1v) is 7.66. The maximum atomic E-state index is 12.3. The molecule has 2 rings (SSSR count). The second kappa shape index (κ2) is 7.79. The van der Waals surface area contributed by atoms with Crippen LogP contribution in [0.25, 0.3) is 0 Å². The quantitative estimate of drug-likeness (QED) is 0.883. The van der Waals surface area contributed by atoms with Crippen LogP contribution in [-0.4, -0.2) is 42.6 Å². The van der Waals surface area contributed by atoms with E-state index in [1.54, 1.807) is 17.9 Å². The van der Waals surface area contributed by atoms with Crippen molar-refractivity contribution in [2.75, 3.05) is 19.7 Å². The minimum absolute atomic E-state index is 0.0732. The van der Waals surface area contributed by atoms with Crippen molar-refractivity contribution in [3.8, 4) is 0 Å². The minimum atomic E-state index is -0.277. The Balaban J connectivity index is 1.88. The maximum Gasteiger partial charge on any atom is 0.409 e. The number of ether oxygens (including phenoxy) is 1. The molecular weight excluding hydrogens is 282 g/mol. The maximum absolute atomic E-state index is 12.3. The molecule has 1 aromatic rings. The lowest BCUT2D eigenvalue weighted by Crippen LogP contribution is -2.46. The number of nitrogens with one attached hydrogen (secondary N) is 1. The van der Waals surface area contributed by atoms with Gasteiger partial charge in [0.2, 0.25) is 0 Å². The fourth-order valence-corrected chi connectivity index (χ4v) is 2.60. The summed E-state index contributed by atoms with van der Waals surface area (Å²) < 4.78 is 4.98. The molecule has 6 heteroatoms. The lowest BCUT2D eigenvalue weighted by atomic mass is 10.0. The zero-order chi connectivity index (χ0) is 15.9. The highest BCUT2D eigenvalue weighted by Crippen LogP contribution is 2.14. The third-order valence-electron chi connectivity index (χ3n) is 3.84. The van der Waals surface area contributed by atoms with E-state index in [4.69, 9.17) is 10.5 Å². The smallest absolute Gasteiger partial charge is 0.409 e. The van der Waals surface area contributed by atoms with Crippen molar-refractivity contribution in [1.29, 1.82) is 0 Å². The highest BCUT2D eigenvalue weighted by Gasteiger charge is 2.25. The zero-order valence-electron chi connectivity index (χ0n) is 12.9. The number of hydrogen-bond acceptors (Lipinski definition) is 4. The number of likely N-dealkylation sites (tertiary alicyclic amines) is 1. The standard InChI is InChI=1S/C16H23N3O3/c1-2-22-16(21)19-9-7-13(8-10-19)18-15(20)14-6-4-3-5-12(14)11-17/h3-6,13H,2,7-11,17H2,1H3,(H,18,20). The van der Waals surface area contributed by atoms with E-state index < -0.39 is 0 Å². The van der Waals surface area contributed by atoms with Crippen molar-refractivity contribution in [2.24, 2.45) is 5.73 Å². The Morgan fingerprint density at radius 2 is 2.00 bits per heavy atom. The van der Waals surface area contributed by atoms with Gasteiger partial charge < -0.3 is 20.7 Å². The van der Waals surface area contributed by atoms with Crippen molar-refractivity contribution >= 4 is 12.0 Å². The third kappa shape index (κ3) is 3.98. The Hall–Kier alpha value is -2.08. The number of amides is 2. The van der Waals surface area contributed by atoms with Gasteiger partial charge in [-0.3, -0.25) is 4.79 Å². The molecule has 0 saturated carbocycles. The van der Waals surface area contributed by atoms with E-state index in [9.17, 15) is 9.59 Å². The first kappa shape index (κ1) is 16.3. The van der Waals surface area contributed by atoms with Gasteiger partial charge in [-0.1, -0.05) is 18.2 Å². The molecule has 0 aromatic heterocycles. The van der Waals surface area contributed by atoms with Crippen molar-refractivity contribution in [2.45, 2.75) is 32.4 Å². The van der Waals surface area contributed by atoms with E-state index >= 15 is 0 Å². The van der Waals surface area contributed by atoms with Crippen LogP contribution in [-0.2, 0) is 11.3 Å². The first-order chi connectivity index (χ1) is 10.7. The van der Waals surface area contributed by atoms with Crippen LogP contribution in [0, 0.1) is 0 Å². The van der Waals surface area contributed by atoms with Crippen molar-refractivity contribution in [1.82, 2.24) is 10.2 Å². The van der Waals surface area contributed by atoms with Gasteiger partial charge in [0.15, 0.2) is 0 Å². The minimum Gasteiger partial charge on any atom is -0.450 e. The van der Waals surface area contributed by atoms with Crippen LogP contribution in [0.15, 0.2) is 24.3 Å². The van der Waals surface area contributed by atoms with Gasteiger partial charge in [-0.2, -0.15) is 0 Å². The summed E-state index contributed by atoms with van der Waals surface area (Å²) in [4.78, 5) is 25.7. The van der Waals surface area contributed by atoms with Gasteiger partial charge in [0.05, 0.1) is 6.61 Å². The zero-order valence-corrected chi connectivity index (χ0v) is 12.9. The number of nitrogens with zero attached hydrogens (tertiary/aromatic N) is 1. The molecule has 2 amide bonds. The molecule has 0 unspecified atom stereocenters. The number of carbonyl (C=O) groups excluding carboxylic acids is 2. The highest BCUT2D eigenvalue weighted by atomic mass is 16.6. The second-order valence-electron chi connectivity index (χ2n) is 5.29. The largest absolute Gasteiger partial charge is 0.450 e. The molecule has 0 aliphatic carbocycles. The Labute approximate surface area is 130 Å². The molecule has 1 heterocycles. The van der Waals surface area contributed by atoms with E-state index in [1.165, 1.54) is 0 Å². The van der Waals surface area contributed by atoms with E-state index in [2.05, 4.69) is 5.32 Å². The number of hydrogen-bond donors (Lipinski definition) is 2. The Morgan fingerprint density at radius 1 is 1.32 bits per heavy atom. The molecule has 1 aliphatic heterocycles. The summed E-state index contributed by atoms with van der Waals surface area (Å²) in [6.07, 6.45) is 1.19. The fourth-order valence-electron chi connectivity index (χ4n) is 2.60. The molecule has 1 aromatic carbocycles. The first-order valence-electron chi connectivity index (χ1n) is 7.66. The van der Waals surface area contributed by atoms with Gasteiger partial charge in [-0.25, -0.2) is 4.79 Å². The number of benzene rings is 1. The molecule has 1 aliphatic rings. The number of piperidine rings is 1. The summed E-state index contributed by atoms with van der Waals surface area (Å²) >= 11 is 0. The normalized spacial score (nSPS) is 15.5. The molecule has 6 nitrogen and oxygen atoms in total. The average molecular weight is 305 g/mol. The van der Waals surface area contributed by atoms with E-state index in [0.717, 1.165) is 18.4 Å². The Morgan fingerprint density at radius 3 is 2.64 bits per heavy atom. The highest BCUT2D eigenvalue weighted by molar-refractivity contribution is 5.95. The van der Waals surface area contributed by atoms with Crippen molar-refractivity contribution in [3.05, 3.63) is 35.4 Å². The van der Waals surface area contributed by atoms with Gasteiger partial charge >= 0.3 is 6.09 Å². The molecule has 0 radical (unpaired) electrons. The molecular formula is C16H23N3O3. The third-order valence-corrected chi connectivity index (χ3v) is 3.84. The Kier molecular flexibility index (Phi) is 5.77. The van der Waals surface area contributed by atoms with E-state index in [0.29, 0.717) is 31.8 Å². The lowest BCUT2D eigenvalue weighted by molar-refractivity contribution is 0.0859. The van der Waals surface area contributed by atoms with Gasteiger partial charge in [-0.05, 0) is 31.4 Å². The molecule has 0 spiro atoms. The van der Waals surface area contributed by atoms with Gasteiger partial charge in [0, 0.05) is 31.2 Å². The van der Waals surface area contributed by atoms with Crippen molar-refractivity contribution in [3.63, 3.8) is 0 Å². The van der Waals surface area contributed by atoms with Gasteiger partial charge in [0.25, 0.3) is 5.91 Å². The van der Waals surface area contributed by atoms with E-state index in [1.807, 2.05) is 18.2 Å². The molecule has 0 atom stereocenters. The monoisotopic (exact) mass is 305 g/mol. The summed E-state index contributed by atoms with van der Waals surface area (Å²) in [6, 6.07) is 7.42. The summed E-state index contributed by atoms with van der Waals surface area (Å²) in [5.41, 5.74) is 7.12. The average Bonchev–Trinajstić information content (AvgIpc) is 2.55. The van der Waals surface area contributed by atoms with Crippen LogP contribution in [0.5, 0.6) is 0 Å². The molecule has 22 heavy (non-hydrogen) atoms. The SMILES string of the molecule is CCOC(=O)N1CCC(NC(=O)c2ccccc2CN)CC1. The number of rotatable bonds is 4. The predicted molar refractivity (Wildman–Crippen MR) is 83.4 cm³/mol. The summed E-state index contributed by atoms with van der Waals surface area (Å²) in [6.45, 7) is 3.71.